The highest BCUT2D eigenvalue weighted by atomic mass is 16.5. The van der Waals surface area contributed by atoms with Crippen LogP contribution in [0.1, 0.15) is 41.6 Å². The maximum absolute atomic E-state index is 5.56. The molecule has 3 heteroatoms. The van der Waals surface area contributed by atoms with Gasteiger partial charge in [-0.1, -0.05) is 35.5 Å². The van der Waals surface area contributed by atoms with E-state index in [1.807, 2.05) is 0 Å². The second-order valence-electron chi connectivity index (χ2n) is 8.12. The van der Waals surface area contributed by atoms with Crippen LogP contribution in [0.5, 0.6) is 0 Å². The summed E-state index contributed by atoms with van der Waals surface area (Å²) in [4.78, 5) is 2.63. The van der Waals surface area contributed by atoms with Gasteiger partial charge in [0.1, 0.15) is 0 Å². The molecule has 2 heterocycles. The van der Waals surface area contributed by atoms with Gasteiger partial charge in [0.05, 0.1) is 5.69 Å². The fourth-order valence-electron chi connectivity index (χ4n) is 4.20. The summed E-state index contributed by atoms with van der Waals surface area (Å²) in [6.07, 6.45) is 6.03. The molecule has 0 unspecified atom stereocenters. The van der Waals surface area contributed by atoms with E-state index in [1.54, 1.807) is 0 Å². The number of nitrogens with zero attached hydrogens (tertiary/aromatic N) is 2. The number of aryl methyl sites for hydroxylation is 3. The molecule has 1 fully saturated rings. The van der Waals surface area contributed by atoms with Crippen LogP contribution in [0, 0.1) is 19.8 Å². The lowest BCUT2D eigenvalue weighted by Crippen LogP contribution is -2.35. The van der Waals surface area contributed by atoms with Gasteiger partial charge in [0.15, 0.2) is 5.58 Å². The molecule has 0 aliphatic carbocycles. The minimum Gasteiger partial charge on any atom is -0.356 e. The lowest BCUT2D eigenvalue weighted by molar-refractivity contribution is 0.180. The number of benzene rings is 2. The quantitative estimate of drug-likeness (QED) is 0.593. The van der Waals surface area contributed by atoms with E-state index in [9.17, 15) is 0 Å². The maximum atomic E-state index is 5.56. The van der Waals surface area contributed by atoms with E-state index < -0.39 is 0 Å². The molecule has 0 amide bonds. The molecular weight excluding hydrogens is 332 g/mol. The molecule has 4 rings (SSSR count). The summed E-state index contributed by atoms with van der Waals surface area (Å²) in [5.41, 5.74) is 6.11. The van der Waals surface area contributed by atoms with Crippen molar-refractivity contribution in [1.29, 1.82) is 0 Å². The number of piperidine rings is 1. The van der Waals surface area contributed by atoms with E-state index in [0.717, 1.165) is 30.0 Å². The Hall–Kier alpha value is -2.13. The Labute approximate surface area is 162 Å². The third-order valence-corrected chi connectivity index (χ3v) is 6.22. The van der Waals surface area contributed by atoms with E-state index in [2.05, 4.69) is 66.4 Å². The predicted octanol–water partition coefficient (Wildman–Crippen LogP) is 5.33. The molecule has 3 nitrogen and oxygen atoms in total. The van der Waals surface area contributed by atoms with Gasteiger partial charge in [0, 0.05) is 11.9 Å². The second kappa shape index (κ2) is 8.26. The standard InChI is InChI=1S/C24H30N2O/c1-18-16-22-23(25-27-24(22)17-19(18)2)9-8-21-11-14-26(15-12-21)13-10-20-6-4-3-5-7-20/h3-7,16-17,21H,8-15H2,1-2H3. The Morgan fingerprint density at radius 1 is 1.00 bits per heavy atom. The number of rotatable bonds is 6. The van der Waals surface area contributed by atoms with Crippen molar-refractivity contribution in [3.8, 4) is 0 Å². The lowest BCUT2D eigenvalue weighted by atomic mass is 9.91. The second-order valence-corrected chi connectivity index (χ2v) is 8.12. The minimum atomic E-state index is 0.816. The van der Waals surface area contributed by atoms with Crippen molar-refractivity contribution in [2.45, 2.75) is 46.0 Å². The normalized spacial score (nSPS) is 16.2. The van der Waals surface area contributed by atoms with Crippen LogP contribution >= 0.6 is 0 Å². The molecule has 0 bridgehead atoms. The smallest absolute Gasteiger partial charge is 0.167 e. The lowest BCUT2D eigenvalue weighted by Gasteiger charge is -2.31. The van der Waals surface area contributed by atoms with Crippen molar-refractivity contribution in [3.05, 3.63) is 64.8 Å². The molecule has 1 aliphatic rings. The fraction of sp³-hybridized carbons (Fsp3) is 0.458. The van der Waals surface area contributed by atoms with Crippen LogP contribution in [-0.4, -0.2) is 29.7 Å². The molecule has 142 valence electrons. The van der Waals surface area contributed by atoms with Crippen LogP contribution in [0.2, 0.25) is 0 Å². The number of aromatic nitrogens is 1. The van der Waals surface area contributed by atoms with Gasteiger partial charge in [-0.05, 0) is 93.8 Å². The average Bonchev–Trinajstić information content (AvgIpc) is 3.08. The molecule has 0 atom stereocenters. The molecular formula is C24H30N2O. The van der Waals surface area contributed by atoms with Gasteiger partial charge < -0.3 is 9.42 Å². The van der Waals surface area contributed by atoms with Gasteiger partial charge in [-0.3, -0.25) is 0 Å². The summed E-state index contributed by atoms with van der Waals surface area (Å²) in [5.74, 6) is 0.816. The van der Waals surface area contributed by atoms with Gasteiger partial charge >= 0.3 is 0 Å². The van der Waals surface area contributed by atoms with Gasteiger partial charge in [0.25, 0.3) is 0 Å². The summed E-state index contributed by atoms with van der Waals surface area (Å²) in [7, 11) is 0. The largest absolute Gasteiger partial charge is 0.356 e. The number of likely N-dealkylation sites (tertiary alicyclic amines) is 1. The topological polar surface area (TPSA) is 29.3 Å². The van der Waals surface area contributed by atoms with Crippen LogP contribution in [0.25, 0.3) is 11.0 Å². The number of hydrogen-bond acceptors (Lipinski definition) is 3. The SMILES string of the molecule is Cc1cc2onc(CCC3CCN(CCc4ccccc4)CC3)c2cc1C. The first kappa shape index (κ1) is 18.2. The summed E-state index contributed by atoms with van der Waals surface area (Å²) in [6, 6.07) is 15.2. The number of hydrogen-bond donors (Lipinski definition) is 0. The minimum absolute atomic E-state index is 0.816. The van der Waals surface area contributed by atoms with Gasteiger partial charge in [0.2, 0.25) is 0 Å². The van der Waals surface area contributed by atoms with E-state index in [0.29, 0.717) is 0 Å². The molecule has 2 aromatic carbocycles. The Kier molecular flexibility index (Phi) is 5.58. The van der Waals surface area contributed by atoms with Crippen molar-refractivity contribution >= 4 is 11.0 Å². The molecule has 27 heavy (non-hydrogen) atoms. The van der Waals surface area contributed by atoms with Crippen LogP contribution in [0.4, 0.5) is 0 Å². The molecule has 1 saturated heterocycles. The van der Waals surface area contributed by atoms with Crippen molar-refractivity contribution in [1.82, 2.24) is 10.1 Å². The fourth-order valence-corrected chi connectivity index (χ4v) is 4.20. The first-order valence-electron chi connectivity index (χ1n) is 10.3. The van der Waals surface area contributed by atoms with Crippen LogP contribution in [0.3, 0.4) is 0 Å². The average molecular weight is 363 g/mol. The summed E-state index contributed by atoms with van der Waals surface area (Å²) in [6.45, 7) is 7.94. The van der Waals surface area contributed by atoms with E-state index in [-0.39, 0.29) is 0 Å². The molecule has 0 saturated carbocycles. The van der Waals surface area contributed by atoms with Crippen LogP contribution in [-0.2, 0) is 12.8 Å². The van der Waals surface area contributed by atoms with E-state index >= 15 is 0 Å². The van der Waals surface area contributed by atoms with Gasteiger partial charge in [-0.2, -0.15) is 0 Å². The Balaban J connectivity index is 1.26. The molecule has 0 spiro atoms. The van der Waals surface area contributed by atoms with Crippen LogP contribution in [0.15, 0.2) is 47.0 Å². The molecule has 0 N–H and O–H groups in total. The zero-order valence-electron chi connectivity index (χ0n) is 16.6. The van der Waals surface area contributed by atoms with E-state index in [1.165, 1.54) is 61.0 Å². The first-order valence-corrected chi connectivity index (χ1v) is 10.3. The monoisotopic (exact) mass is 362 g/mol. The Bertz CT molecular complexity index is 876. The molecule has 1 aliphatic heterocycles. The third kappa shape index (κ3) is 4.41. The van der Waals surface area contributed by atoms with E-state index in [4.69, 9.17) is 4.52 Å². The summed E-state index contributed by atoms with van der Waals surface area (Å²) in [5, 5.41) is 5.56. The maximum Gasteiger partial charge on any atom is 0.167 e. The zero-order chi connectivity index (χ0) is 18.6. The van der Waals surface area contributed by atoms with Crippen molar-refractivity contribution in [2.24, 2.45) is 5.92 Å². The highest BCUT2D eigenvalue weighted by molar-refractivity contribution is 5.81. The van der Waals surface area contributed by atoms with Crippen molar-refractivity contribution in [2.75, 3.05) is 19.6 Å². The Morgan fingerprint density at radius 3 is 2.52 bits per heavy atom. The number of fused-ring (bicyclic) bond motifs is 1. The highest BCUT2D eigenvalue weighted by Gasteiger charge is 2.20. The van der Waals surface area contributed by atoms with Gasteiger partial charge in [-0.25, -0.2) is 0 Å². The van der Waals surface area contributed by atoms with Crippen molar-refractivity contribution < 1.29 is 4.52 Å². The zero-order valence-corrected chi connectivity index (χ0v) is 16.6. The highest BCUT2D eigenvalue weighted by Crippen LogP contribution is 2.27. The van der Waals surface area contributed by atoms with Crippen LogP contribution < -0.4 is 0 Å². The molecule has 1 aromatic heterocycles. The predicted molar refractivity (Wildman–Crippen MR) is 111 cm³/mol. The summed E-state index contributed by atoms with van der Waals surface area (Å²) < 4.78 is 5.56. The molecule has 3 aromatic rings. The van der Waals surface area contributed by atoms with Gasteiger partial charge in [-0.15, -0.1) is 0 Å². The summed E-state index contributed by atoms with van der Waals surface area (Å²) >= 11 is 0. The molecule has 0 radical (unpaired) electrons. The Morgan fingerprint density at radius 2 is 1.74 bits per heavy atom. The third-order valence-electron chi connectivity index (χ3n) is 6.22. The first-order chi connectivity index (χ1) is 13.2. The van der Waals surface area contributed by atoms with Crippen molar-refractivity contribution in [3.63, 3.8) is 0 Å².